The van der Waals surface area contributed by atoms with E-state index in [4.69, 9.17) is 13.6 Å². The predicted molar refractivity (Wildman–Crippen MR) is 84.6 cm³/mol. The van der Waals surface area contributed by atoms with Crippen LogP contribution in [-0.4, -0.2) is 11.9 Å². The number of amides is 1. The van der Waals surface area contributed by atoms with Crippen molar-refractivity contribution < 1.29 is 23.2 Å². The van der Waals surface area contributed by atoms with Crippen molar-refractivity contribution in [1.29, 1.82) is 0 Å². The lowest BCUT2D eigenvalue weighted by atomic mass is 10.1. The minimum absolute atomic E-state index is 0.0917. The van der Waals surface area contributed by atoms with Crippen molar-refractivity contribution in [3.8, 4) is 0 Å². The van der Waals surface area contributed by atoms with E-state index >= 15 is 0 Å². The average Bonchev–Trinajstić information content (AvgIpc) is 3.05. The molecule has 7 heteroatoms. The zero-order valence-electron chi connectivity index (χ0n) is 12.7. The van der Waals surface area contributed by atoms with Gasteiger partial charge in [0.25, 0.3) is 0 Å². The van der Waals surface area contributed by atoms with Gasteiger partial charge in [-0.15, -0.1) is 0 Å². The van der Waals surface area contributed by atoms with Crippen LogP contribution in [0, 0.1) is 0 Å². The number of rotatable bonds is 4. The third kappa shape index (κ3) is 3.35. The van der Waals surface area contributed by atoms with Crippen LogP contribution in [0.4, 0.5) is 5.69 Å². The van der Waals surface area contributed by atoms with Gasteiger partial charge >= 0.3 is 11.6 Å². The van der Waals surface area contributed by atoms with Crippen molar-refractivity contribution in [2.24, 2.45) is 0 Å². The summed E-state index contributed by atoms with van der Waals surface area (Å²) in [5, 5.41) is 3.22. The number of furan rings is 1. The fraction of sp³-hybridized carbons (Fsp3) is 0.118. The fourth-order valence-corrected chi connectivity index (χ4v) is 2.24. The van der Waals surface area contributed by atoms with Crippen molar-refractivity contribution >= 4 is 28.5 Å². The van der Waals surface area contributed by atoms with Crippen molar-refractivity contribution in [2.45, 2.75) is 13.5 Å². The summed E-state index contributed by atoms with van der Waals surface area (Å²) in [6.45, 7) is 1.29. The zero-order chi connectivity index (χ0) is 17.1. The van der Waals surface area contributed by atoms with Crippen molar-refractivity contribution in [2.75, 3.05) is 5.32 Å². The summed E-state index contributed by atoms with van der Waals surface area (Å²) in [5.41, 5.74) is 1.02. The lowest BCUT2D eigenvalue weighted by molar-refractivity contribution is -0.114. The second-order valence-electron chi connectivity index (χ2n) is 5.07. The van der Waals surface area contributed by atoms with Gasteiger partial charge in [-0.05, 0) is 18.2 Å². The van der Waals surface area contributed by atoms with Crippen LogP contribution in [0.2, 0.25) is 0 Å². The maximum Gasteiger partial charge on any atom is 0.341 e. The molecule has 0 aliphatic rings. The number of carbonyl (C=O) groups is 2. The Morgan fingerprint density at radius 2 is 2.04 bits per heavy atom. The number of fused-ring (bicyclic) bond motifs is 1. The first-order valence-electron chi connectivity index (χ1n) is 7.06. The summed E-state index contributed by atoms with van der Waals surface area (Å²) in [6.07, 6.45) is 2.65. The SMILES string of the molecule is CC(=O)Nc1ccc2c(COC(=O)c3ccoc3)cc(=O)oc2c1. The first kappa shape index (κ1) is 15.5. The van der Waals surface area contributed by atoms with Gasteiger partial charge in [0.1, 0.15) is 18.5 Å². The molecular weight excluding hydrogens is 314 g/mol. The van der Waals surface area contributed by atoms with Crippen LogP contribution < -0.4 is 10.9 Å². The van der Waals surface area contributed by atoms with Gasteiger partial charge in [-0.25, -0.2) is 9.59 Å². The van der Waals surface area contributed by atoms with Gasteiger partial charge in [0.05, 0.1) is 11.8 Å². The molecule has 0 saturated heterocycles. The number of hydrogen-bond donors (Lipinski definition) is 1. The lowest BCUT2D eigenvalue weighted by Gasteiger charge is -2.08. The third-order valence-electron chi connectivity index (χ3n) is 3.27. The summed E-state index contributed by atoms with van der Waals surface area (Å²) in [4.78, 5) is 34.7. The highest BCUT2D eigenvalue weighted by molar-refractivity contribution is 5.92. The van der Waals surface area contributed by atoms with Crippen molar-refractivity contribution in [3.05, 3.63) is 64.4 Å². The fourth-order valence-electron chi connectivity index (χ4n) is 2.24. The van der Waals surface area contributed by atoms with Gasteiger partial charge in [0.15, 0.2) is 0 Å². The maximum atomic E-state index is 11.8. The molecule has 3 rings (SSSR count). The molecule has 1 aromatic carbocycles. The molecule has 1 amide bonds. The largest absolute Gasteiger partial charge is 0.472 e. The second kappa shape index (κ2) is 6.41. The number of esters is 1. The quantitative estimate of drug-likeness (QED) is 0.584. The molecule has 0 aliphatic heterocycles. The predicted octanol–water partition coefficient (Wildman–Crippen LogP) is 2.70. The summed E-state index contributed by atoms with van der Waals surface area (Å²) < 4.78 is 15.1. The molecule has 122 valence electrons. The molecule has 0 bridgehead atoms. The van der Waals surface area contributed by atoms with E-state index in [9.17, 15) is 14.4 Å². The smallest absolute Gasteiger partial charge is 0.341 e. The van der Waals surface area contributed by atoms with E-state index in [1.807, 2.05) is 0 Å². The van der Waals surface area contributed by atoms with E-state index in [2.05, 4.69) is 5.32 Å². The Morgan fingerprint density at radius 1 is 1.21 bits per heavy atom. The van der Waals surface area contributed by atoms with Gasteiger partial charge in [0, 0.05) is 35.7 Å². The molecule has 0 atom stereocenters. The minimum atomic E-state index is -0.572. The molecule has 0 aliphatic carbocycles. The molecule has 2 aromatic heterocycles. The van der Waals surface area contributed by atoms with E-state index in [1.165, 1.54) is 31.6 Å². The Kier molecular flexibility index (Phi) is 4.15. The molecule has 3 aromatic rings. The Bertz CT molecular complexity index is 955. The number of benzene rings is 1. The molecular formula is C17H13NO6. The number of carbonyl (C=O) groups excluding carboxylic acids is 2. The Labute approximate surface area is 135 Å². The topological polar surface area (TPSA) is 98.7 Å². The van der Waals surface area contributed by atoms with E-state index in [1.54, 1.807) is 18.2 Å². The van der Waals surface area contributed by atoms with Crippen LogP contribution in [0.5, 0.6) is 0 Å². The van der Waals surface area contributed by atoms with Crippen LogP contribution in [0.3, 0.4) is 0 Å². The molecule has 24 heavy (non-hydrogen) atoms. The number of nitrogens with one attached hydrogen (secondary N) is 1. The highest BCUT2D eigenvalue weighted by atomic mass is 16.5. The lowest BCUT2D eigenvalue weighted by Crippen LogP contribution is -2.08. The maximum absolute atomic E-state index is 11.8. The molecule has 7 nitrogen and oxygen atoms in total. The molecule has 0 saturated carbocycles. The Morgan fingerprint density at radius 3 is 2.75 bits per heavy atom. The average molecular weight is 327 g/mol. The van der Waals surface area contributed by atoms with E-state index in [-0.39, 0.29) is 18.1 Å². The van der Waals surface area contributed by atoms with Crippen LogP contribution in [-0.2, 0) is 16.1 Å². The number of hydrogen-bond acceptors (Lipinski definition) is 6. The van der Waals surface area contributed by atoms with Crippen LogP contribution in [0.25, 0.3) is 11.0 Å². The van der Waals surface area contributed by atoms with E-state index < -0.39 is 11.6 Å². The van der Waals surface area contributed by atoms with Gasteiger partial charge in [0.2, 0.25) is 5.91 Å². The van der Waals surface area contributed by atoms with Gasteiger partial charge in [-0.2, -0.15) is 0 Å². The molecule has 0 spiro atoms. The van der Waals surface area contributed by atoms with E-state index in [0.717, 1.165) is 0 Å². The van der Waals surface area contributed by atoms with Crippen LogP contribution in [0.15, 0.2) is 56.5 Å². The Hall–Kier alpha value is -3.35. The van der Waals surface area contributed by atoms with Gasteiger partial charge < -0.3 is 18.9 Å². The second-order valence-corrected chi connectivity index (χ2v) is 5.07. The van der Waals surface area contributed by atoms with Crippen LogP contribution in [0.1, 0.15) is 22.8 Å². The van der Waals surface area contributed by atoms with Crippen molar-refractivity contribution in [1.82, 2.24) is 0 Å². The van der Waals surface area contributed by atoms with Gasteiger partial charge in [-0.1, -0.05) is 0 Å². The number of ether oxygens (including phenoxy) is 1. The standard InChI is InChI=1S/C17H13NO6/c1-10(19)18-13-2-3-14-12(6-16(20)24-15(14)7-13)9-23-17(21)11-4-5-22-8-11/h2-8H,9H2,1H3,(H,18,19). The summed E-state index contributed by atoms with van der Waals surface area (Å²) in [5.74, 6) is -0.790. The summed E-state index contributed by atoms with van der Waals surface area (Å²) >= 11 is 0. The number of anilines is 1. The van der Waals surface area contributed by atoms with Crippen molar-refractivity contribution in [3.63, 3.8) is 0 Å². The zero-order valence-corrected chi connectivity index (χ0v) is 12.7. The first-order valence-corrected chi connectivity index (χ1v) is 7.06. The molecule has 1 N–H and O–H groups in total. The van der Waals surface area contributed by atoms with Crippen LogP contribution >= 0.6 is 0 Å². The monoisotopic (exact) mass is 327 g/mol. The molecule has 0 unspecified atom stereocenters. The Balaban J connectivity index is 1.88. The first-order chi connectivity index (χ1) is 11.5. The normalized spacial score (nSPS) is 10.5. The highest BCUT2D eigenvalue weighted by Gasteiger charge is 2.12. The van der Waals surface area contributed by atoms with Gasteiger partial charge in [-0.3, -0.25) is 4.79 Å². The molecule has 0 fully saturated rings. The molecule has 0 radical (unpaired) electrons. The van der Waals surface area contributed by atoms with E-state index in [0.29, 0.717) is 22.2 Å². The minimum Gasteiger partial charge on any atom is -0.472 e. The summed E-state index contributed by atoms with van der Waals surface area (Å²) in [7, 11) is 0. The third-order valence-corrected chi connectivity index (χ3v) is 3.27. The summed E-state index contributed by atoms with van der Waals surface area (Å²) in [6, 6.07) is 7.65. The molecule has 2 heterocycles. The highest BCUT2D eigenvalue weighted by Crippen LogP contribution is 2.22.